The molecule has 17 nitrogen and oxygen atoms in total. The van der Waals surface area contributed by atoms with E-state index in [4.69, 9.17) is 25.8 Å². The van der Waals surface area contributed by atoms with Crippen LogP contribution < -0.4 is 5.32 Å². The van der Waals surface area contributed by atoms with Gasteiger partial charge in [-0.25, -0.2) is 23.4 Å². The molecule has 0 radical (unpaired) electrons. The molecule has 0 aliphatic carbocycles. The quantitative estimate of drug-likeness (QED) is 0.0779. The first-order valence-electron chi connectivity index (χ1n) is 24.6. The molecule has 5 heterocycles. The molecule has 4 aromatic rings. The van der Waals surface area contributed by atoms with Crippen LogP contribution in [0.15, 0.2) is 42.7 Å². The molecule has 3 saturated heterocycles. The number of quaternary nitrogens is 1. The molecular formula is C52H72BrClF2N9O8+. The van der Waals surface area contributed by atoms with Gasteiger partial charge in [0.15, 0.2) is 24.0 Å². The number of esters is 1. The van der Waals surface area contributed by atoms with Gasteiger partial charge in [0.25, 0.3) is 11.8 Å². The first-order valence-corrected chi connectivity index (χ1v) is 26.6. The highest BCUT2D eigenvalue weighted by molar-refractivity contribution is 9.08. The molecule has 73 heavy (non-hydrogen) atoms. The molecule has 0 bridgehead atoms. The number of alkyl halides is 1. The average Bonchev–Trinajstić information content (AvgIpc) is 4.03. The zero-order valence-corrected chi connectivity index (χ0v) is 46.6. The highest BCUT2D eigenvalue weighted by atomic mass is 79.9. The Morgan fingerprint density at radius 2 is 1.49 bits per heavy atom. The van der Waals surface area contributed by atoms with Crippen LogP contribution in [0.3, 0.4) is 0 Å². The second kappa shape index (κ2) is 24.7. The Labute approximate surface area is 441 Å². The lowest BCUT2D eigenvalue weighted by molar-refractivity contribution is -0.914. The fourth-order valence-electron chi connectivity index (χ4n) is 9.43. The number of carbonyl (C=O) groups excluding carboxylic acids is 5. The SMILES string of the molecule is CBr.CC.COCCn1cc(-c2ccc(-c3cnc(C(=O)Nc4ccc(C(=O)N5CCN(C(=O)C6CC[N+](CC(=O)OC(C)(C)C)(CC7CN(C(=O)OC(C)(C)C)C7)C6)CC5)c(Cl)c4)n3C)c(F)c2F)c(C)n1. The number of likely N-dealkylation sites (tertiary alicyclic amines) is 2. The van der Waals surface area contributed by atoms with Crippen molar-refractivity contribution in [3.8, 4) is 22.4 Å². The molecule has 3 aliphatic rings. The van der Waals surface area contributed by atoms with E-state index in [0.29, 0.717) is 81.1 Å². The number of anilines is 1. The number of nitrogens with zero attached hydrogens (tertiary/aromatic N) is 8. The Morgan fingerprint density at radius 1 is 0.877 bits per heavy atom. The Balaban J connectivity index is 0.00000241. The topological polar surface area (TPSA) is 170 Å². The summed E-state index contributed by atoms with van der Waals surface area (Å²) in [5, 5.41) is 7.19. The molecule has 3 fully saturated rings. The molecule has 2 aromatic heterocycles. The largest absolute Gasteiger partial charge is 0.456 e. The molecule has 2 aromatic carbocycles. The third kappa shape index (κ3) is 14.4. The van der Waals surface area contributed by atoms with E-state index in [1.54, 1.807) is 39.6 Å². The van der Waals surface area contributed by atoms with Crippen molar-refractivity contribution in [2.75, 3.05) is 90.3 Å². The average molecular weight is 1100 g/mol. The molecule has 0 saturated carbocycles. The summed E-state index contributed by atoms with van der Waals surface area (Å²) in [6.07, 6.45) is 3.16. The van der Waals surface area contributed by atoms with Crippen molar-refractivity contribution in [2.24, 2.45) is 18.9 Å². The van der Waals surface area contributed by atoms with Gasteiger partial charge in [-0.2, -0.15) is 5.10 Å². The maximum absolute atomic E-state index is 15.7. The van der Waals surface area contributed by atoms with E-state index in [2.05, 4.69) is 31.3 Å². The molecule has 2 unspecified atom stereocenters. The number of hydrogen-bond donors (Lipinski definition) is 1. The van der Waals surface area contributed by atoms with Crippen LogP contribution in [0, 0.1) is 30.4 Å². The lowest BCUT2D eigenvalue weighted by Crippen LogP contribution is -2.61. The maximum atomic E-state index is 15.7. The lowest BCUT2D eigenvalue weighted by atomic mass is 9.98. The summed E-state index contributed by atoms with van der Waals surface area (Å²) in [5.74, 6) is -1.93. The number of piperazine rings is 1. The third-order valence-electron chi connectivity index (χ3n) is 12.7. The minimum atomic E-state index is -1.10. The summed E-state index contributed by atoms with van der Waals surface area (Å²) in [6, 6.07) is 7.40. The van der Waals surface area contributed by atoms with Crippen molar-refractivity contribution in [1.82, 2.24) is 34.0 Å². The molecule has 1 N–H and O–H groups in total. The normalized spacial score (nSPS) is 18.0. The van der Waals surface area contributed by atoms with Crippen LogP contribution in [0.4, 0.5) is 19.3 Å². The number of aromatic nitrogens is 4. The summed E-state index contributed by atoms with van der Waals surface area (Å²) in [4.78, 5) is 76.3. The summed E-state index contributed by atoms with van der Waals surface area (Å²) >= 11 is 9.58. The fraction of sp³-hybridized carbons (Fsp3) is 0.558. The van der Waals surface area contributed by atoms with E-state index in [-0.39, 0.29) is 94.3 Å². The van der Waals surface area contributed by atoms with E-state index < -0.39 is 28.7 Å². The van der Waals surface area contributed by atoms with Gasteiger partial charge in [0.05, 0.1) is 66.9 Å². The fourth-order valence-corrected chi connectivity index (χ4v) is 9.69. The van der Waals surface area contributed by atoms with Crippen LogP contribution in [0.5, 0.6) is 0 Å². The van der Waals surface area contributed by atoms with Crippen LogP contribution in [0.25, 0.3) is 22.4 Å². The number of halogens is 4. The van der Waals surface area contributed by atoms with Gasteiger partial charge in [0.1, 0.15) is 11.2 Å². The molecule has 21 heteroatoms. The number of amides is 4. The number of ether oxygens (including phenoxy) is 3. The van der Waals surface area contributed by atoms with E-state index in [0.717, 1.165) is 0 Å². The van der Waals surface area contributed by atoms with E-state index in [1.165, 1.54) is 48.1 Å². The number of methoxy groups -OCH3 is 1. The van der Waals surface area contributed by atoms with Crippen LogP contribution in [0.1, 0.15) is 88.5 Å². The zero-order valence-electron chi connectivity index (χ0n) is 44.2. The monoisotopic (exact) mass is 1100 g/mol. The first-order chi connectivity index (χ1) is 34.4. The van der Waals surface area contributed by atoms with Crippen LogP contribution >= 0.6 is 27.5 Å². The summed E-state index contributed by atoms with van der Waals surface area (Å²) in [7, 11) is 3.08. The molecule has 400 valence electrons. The Kier molecular flexibility index (Phi) is 19.8. The van der Waals surface area contributed by atoms with Crippen molar-refractivity contribution >= 4 is 63.0 Å². The van der Waals surface area contributed by atoms with E-state index in [1.807, 2.05) is 61.2 Å². The number of aryl methyl sites for hydroxylation is 1. The molecule has 0 spiro atoms. The molecular weight excluding hydrogens is 1030 g/mol. The highest BCUT2D eigenvalue weighted by Crippen LogP contribution is 2.35. The number of hydrogen-bond acceptors (Lipinski definition) is 10. The number of imidazole rings is 1. The van der Waals surface area contributed by atoms with Gasteiger partial charge >= 0.3 is 12.1 Å². The zero-order chi connectivity index (χ0) is 54.2. The number of carbonyl (C=O) groups is 5. The minimum absolute atomic E-state index is 0.0167. The van der Waals surface area contributed by atoms with Crippen molar-refractivity contribution < 1.29 is 51.4 Å². The smallest absolute Gasteiger partial charge is 0.410 e. The summed E-state index contributed by atoms with van der Waals surface area (Å²) < 4.78 is 51.0. The number of rotatable bonds is 13. The Morgan fingerprint density at radius 3 is 2.11 bits per heavy atom. The van der Waals surface area contributed by atoms with Gasteiger partial charge < -0.3 is 43.3 Å². The molecule has 3 aliphatic heterocycles. The van der Waals surface area contributed by atoms with Crippen LogP contribution in [-0.4, -0.2) is 164 Å². The van der Waals surface area contributed by atoms with Gasteiger partial charge in [-0.15, -0.1) is 0 Å². The van der Waals surface area contributed by atoms with E-state index >= 15 is 8.78 Å². The van der Waals surface area contributed by atoms with Gasteiger partial charge in [0, 0.05) is 94.3 Å². The molecule has 4 amide bonds. The lowest BCUT2D eigenvalue weighted by Gasteiger charge is -2.44. The maximum Gasteiger partial charge on any atom is 0.410 e. The Hall–Kier alpha value is -5.44. The first kappa shape index (κ1) is 58.4. The molecule has 2 atom stereocenters. The summed E-state index contributed by atoms with van der Waals surface area (Å²) in [6.45, 7) is 21.6. The highest BCUT2D eigenvalue weighted by Gasteiger charge is 2.48. The van der Waals surface area contributed by atoms with Crippen molar-refractivity contribution in [3.63, 3.8) is 0 Å². The number of benzene rings is 2. The molecule has 7 rings (SSSR count). The number of nitrogens with one attached hydrogen (secondary N) is 1. The van der Waals surface area contributed by atoms with Gasteiger partial charge in [-0.3, -0.25) is 19.1 Å². The van der Waals surface area contributed by atoms with Crippen LogP contribution in [-0.2, 0) is 37.4 Å². The van der Waals surface area contributed by atoms with E-state index in [9.17, 15) is 24.0 Å². The van der Waals surface area contributed by atoms with Gasteiger partial charge in [0.2, 0.25) is 5.91 Å². The van der Waals surface area contributed by atoms with Crippen molar-refractivity contribution in [2.45, 2.75) is 86.5 Å². The predicted molar refractivity (Wildman–Crippen MR) is 279 cm³/mol. The van der Waals surface area contributed by atoms with Gasteiger partial charge in [-0.1, -0.05) is 47.4 Å². The van der Waals surface area contributed by atoms with Crippen molar-refractivity contribution in [3.05, 3.63) is 76.5 Å². The standard InChI is InChI=1S/C49H62ClF2N9O8.C2H6.CH3Br/c1-30-37(26-60(55-30)19-21-67-9)34-12-13-36(42(52)41(34)51)39-23-53-43(56(39)8)44(63)54-33-10-11-35(38(50)22-33)46(65)58-17-15-57(16-18-58)45(64)32-14-20-61(28-32,29-40(62)68-48(2,3)4)27-31-24-59(25-31)47(66)69-49(5,6)7;2*1-2/h10-13,22-23,26,31-32H,14-21,24-25,27-29H2,1-9H3;1-2H3;1H3/p+1. The summed E-state index contributed by atoms with van der Waals surface area (Å²) in [5.41, 5.74) is 0.330. The van der Waals surface area contributed by atoms with Crippen LogP contribution in [0.2, 0.25) is 5.02 Å². The van der Waals surface area contributed by atoms with Gasteiger partial charge in [-0.05, 0) is 78.6 Å². The second-order valence-electron chi connectivity index (χ2n) is 20.4. The third-order valence-corrected chi connectivity index (χ3v) is 13.0. The Bertz CT molecular complexity index is 2620. The van der Waals surface area contributed by atoms with Crippen molar-refractivity contribution in [1.29, 1.82) is 0 Å². The second-order valence-corrected chi connectivity index (χ2v) is 20.8. The predicted octanol–water partition coefficient (Wildman–Crippen LogP) is 8.46. The minimum Gasteiger partial charge on any atom is -0.456 e.